The number of urea groups is 1. The molecule has 3 fully saturated rings. The standard InChI is InChI=1S/C20H27F2N3O/c1-2-13-5-3-4-6-16(13)17(23)11-24-18(26)25-14-7-8-15(25)10-19(9-14)12-20(19,21)22/h3-6,14-15,17H,2,7-12,23H2,1H3,(H,24,26). The summed E-state index contributed by atoms with van der Waals surface area (Å²) in [4.78, 5) is 14.5. The largest absolute Gasteiger partial charge is 0.336 e. The molecule has 6 heteroatoms. The highest BCUT2D eigenvalue weighted by Crippen LogP contribution is 2.69. The third kappa shape index (κ3) is 2.79. The van der Waals surface area contributed by atoms with Gasteiger partial charge in [-0.1, -0.05) is 31.2 Å². The summed E-state index contributed by atoms with van der Waals surface area (Å²) < 4.78 is 27.5. The van der Waals surface area contributed by atoms with E-state index in [1.165, 1.54) is 5.56 Å². The van der Waals surface area contributed by atoms with Crippen LogP contribution in [0.4, 0.5) is 13.6 Å². The van der Waals surface area contributed by atoms with Gasteiger partial charge in [-0.05, 0) is 43.2 Å². The molecule has 4 rings (SSSR count). The predicted octanol–water partition coefficient (Wildman–Crippen LogP) is 3.61. The van der Waals surface area contributed by atoms with Gasteiger partial charge < -0.3 is 16.0 Å². The van der Waals surface area contributed by atoms with Crippen LogP contribution in [0.15, 0.2) is 24.3 Å². The number of piperidine rings is 1. The Morgan fingerprint density at radius 1 is 1.31 bits per heavy atom. The van der Waals surface area contributed by atoms with Crippen molar-refractivity contribution in [3.63, 3.8) is 0 Å². The average Bonchev–Trinajstić information content (AvgIpc) is 3.01. The summed E-state index contributed by atoms with van der Waals surface area (Å²) >= 11 is 0. The molecule has 26 heavy (non-hydrogen) atoms. The number of nitrogens with one attached hydrogen (secondary N) is 1. The maximum absolute atomic E-state index is 13.8. The average molecular weight is 363 g/mol. The minimum Gasteiger partial charge on any atom is -0.336 e. The molecule has 2 amide bonds. The van der Waals surface area contributed by atoms with Gasteiger partial charge in [0, 0.05) is 36.5 Å². The Morgan fingerprint density at radius 3 is 2.50 bits per heavy atom. The Labute approximate surface area is 153 Å². The number of hydrogen-bond donors (Lipinski definition) is 2. The van der Waals surface area contributed by atoms with E-state index in [-0.39, 0.29) is 30.6 Å². The van der Waals surface area contributed by atoms with Gasteiger partial charge >= 0.3 is 6.03 Å². The van der Waals surface area contributed by atoms with E-state index in [1.54, 1.807) is 0 Å². The van der Waals surface area contributed by atoms with Crippen LogP contribution in [0, 0.1) is 5.41 Å². The van der Waals surface area contributed by atoms with Crippen LogP contribution in [0.1, 0.15) is 56.2 Å². The van der Waals surface area contributed by atoms with Crippen LogP contribution in [-0.4, -0.2) is 35.5 Å². The van der Waals surface area contributed by atoms with Crippen molar-refractivity contribution in [1.82, 2.24) is 10.2 Å². The van der Waals surface area contributed by atoms with E-state index in [1.807, 2.05) is 23.1 Å². The summed E-state index contributed by atoms with van der Waals surface area (Å²) in [5.74, 6) is -2.53. The van der Waals surface area contributed by atoms with Crippen LogP contribution in [0.25, 0.3) is 0 Å². The molecule has 3 N–H and O–H groups in total. The van der Waals surface area contributed by atoms with Gasteiger partial charge in [-0.3, -0.25) is 0 Å². The monoisotopic (exact) mass is 363 g/mol. The molecule has 1 saturated carbocycles. The lowest BCUT2D eigenvalue weighted by Crippen LogP contribution is -2.52. The fourth-order valence-electron chi connectivity index (χ4n) is 5.12. The zero-order valence-electron chi connectivity index (χ0n) is 15.2. The normalized spacial score (nSPS) is 32.5. The molecule has 0 aromatic heterocycles. The van der Waals surface area contributed by atoms with Gasteiger partial charge in [0.2, 0.25) is 0 Å². The molecule has 1 aliphatic carbocycles. The molecule has 1 aromatic rings. The second-order valence-corrected chi connectivity index (χ2v) is 8.21. The molecule has 2 saturated heterocycles. The summed E-state index contributed by atoms with van der Waals surface area (Å²) in [6, 6.07) is 7.47. The van der Waals surface area contributed by atoms with E-state index in [0.29, 0.717) is 19.4 Å². The van der Waals surface area contributed by atoms with Crippen molar-refractivity contribution < 1.29 is 13.6 Å². The number of carbonyl (C=O) groups excluding carboxylic acids is 1. The van der Waals surface area contributed by atoms with E-state index in [2.05, 4.69) is 18.3 Å². The number of nitrogens with two attached hydrogens (primary N) is 1. The Hall–Kier alpha value is -1.69. The van der Waals surface area contributed by atoms with E-state index in [0.717, 1.165) is 24.8 Å². The first-order valence-corrected chi connectivity index (χ1v) is 9.64. The van der Waals surface area contributed by atoms with Gasteiger partial charge in [0.15, 0.2) is 0 Å². The van der Waals surface area contributed by atoms with Gasteiger partial charge in [0.1, 0.15) is 0 Å². The summed E-state index contributed by atoms with van der Waals surface area (Å²) in [6.07, 6.45) is 3.44. The van der Waals surface area contributed by atoms with Crippen LogP contribution >= 0.6 is 0 Å². The summed E-state index contributed by atoms with van der Waals surface area (Å²) in [7, 11) is 0. The zero-order chi connectivity index (χ0) is 18.5. The molecule has 2 aliphatic heterocycles. The van der Waals surface area contributed by atoms with Crippen molar-refractivity contribution in [1.29, 1.82) is 0 Å². The van der Waals surface area contributed by atoms with Gasteiger partial charge in [0.05, 0.1) is 0 Å². The van der Waals surface area contributed by atoms with E-state index in [9.17, 15) is 13.6 Å². The van der Waals surface area contributed by atoms with Crippen LogP contribution in [0.2, 0.25) is 0 Å². The van der Waals surface area contributed by atoms with Crippen molar-refractivity contribution in [2.24, 2.45) is 11.1 Å². The van der Waals surface area contributed by atoms with Gasteiger partial charge in [-0.2, -0.15) is 0 Å². The number of amides is 2. The fourth-order valence-corrected chi connectivity index (χ4v) is 5.12. The maximum atomic E-state index is 13.8. The van der Waals surface area contributed by atoms with Crippen molar-refractivity contribution in [2.45, 2.75) is 69.5 Å². The highest BCUT2D eigenvalue weighted by Gasteiger charge is 2.74. The molecule has 0 radical (unpaired) electrons. The number of halogens is 2. The molecule has 3 atom stereocenters. The number of fused-ring (bicyclic) bond motifs is 2. The number of hydrogen-bond acceptors (Lipinski definition) is 2. The molecule has 1 spiro atoms. The molecule has 1 aromatic carbocycles. The van der Waals surface area contributed by atoms with Crippen LogP contribution in [0.5, 0.6) is 0 Å². The number of alkyl halides is 2. The number of nitrogens with zero attached hydrogens (tertiary/aromatic N) is 1. The number of benzene rings is 1. The van der Waals surface area contributed by atoms with E-state index in [4.69, 9.17) is 5.73 Å². The van der Waals surface area contributed by atoms with Gasteiger partial charge in [-0.15, -0.1) is 0 Å². The van der Waals surface area contributed by atoms with Crippen molar-refractivity contribution in [3.8, 4) is 0 Å². The molecule has 142 valence electrons. The second kappa shape index (κ2) is 6.19. The van der Waals surface area contributed by atoms with Crippen molar-refractivity contribution in [2.75, 3.05) is 6.54 Å². The lowest BCUT2D eigenvalue weighted by molar-refractivity contribution is 0.0169. The summed E-state index contributed by atoms with van der Waals surface area (Å²) in [5, 5.41) is 2.95. The first-order valence-electron chi connectivity index (χ1n) is 9.64. The zero-order valence-corrected chi connectivity index (χ0v) is 15.2. The first-order chi connectivity index (χ1) is 12.4. The van der Waals surface area contributed by atoms with E-state index < -0.39 is 11.3 Å². The summed E-state index contributed by atoms with van der Waals surface area (Å²) in [6.45, 7) is 2.44. The number of rotatable bonds is 4. The minimum atomic E-state index is -2.53. The highest BCUT2D eigenvalue weighted by molar-refractivity contribution is 5.75. The van der Waals surface area contributed by atoms with E-state index >= 15 is 0 Å². The molecular formula is C20H27F2N3O. The maximum Gasteiger partial charge on any atom is 0.317 e. The van der Waals surface area contributed by atoms with Crippen LogP contribution in [0.3, 0.4) is 0 Å². The Morgan fingerprint density at radius 2 is 1.92 bits per heavy atom. The third-order valence-corrected chi connectivity index (χ3v) is 6.63. The van der Waals surface area contributed by atoms with Crippen molar-refractivity contribution in [3.05, 3.63) is 35.4 Å². The molecule has 2 heterocycles. The molecule has 3 unspecified atom stereocenters. The predicted molar refractivity (Wildman–Crippen MR) is 96.0 cm³/mol. The van der Waals surface area contributed by atoms with Crippen LogP contribution in [-0.2, 0) is 6.42 Å². The Balaban J connectivity index is 1.37. The lowest BCUT2D eigenvalue weighted by Gasteiger charge is -2.39. The number of aryl methyl sites for hydroxylation is 1. The fraction of sp³-hybridized carbons (Fsp3) is 0.650. The first kappa shape index (κ1) is 17.7. The molecule has 3 aliphatic rings. The molecule has 4 nitrogen and oxygen atoms in total. The lowest BCUT2D eigenvalue weighted by atomic mass is 9.87. The van der Waals surface area contributed by atoms with Gasteiger partial charge in [0.25, 0.3) is 5.92 Å². The SMILES string of the molecule is CCc1ccccc1C(N)CNC(=O)N1C2CCC1CC1(C2)CC1(F)F. The Bertz CT molecular complexity index is 694. The molecular weight excluding hydrogens is 336 g/mol. The molecule has 2 bridgehead atoms. The summed E-state index contributed by atoms with van der Waals surface area (Å²) in [5.41, 5.74) is 7.70. The Kier molecular flexibility index (Phi) is 4.21. The van der Waals surface area contributed by atoms with Crippen molar-refractivity contribution >= 4 is 6.03 Å². The van der Waals surface area contributed by atoms with Gasteiger partial charge in [-0.25, -0.2) is 13.6 Å². The third-order valence-electron chi connectivity index (χ3n) is 6.63. The van der Waals surface area contributed by atoms with Crippen LogP contribution < -0.4 is 11.1 Å². The quantitative estimate of drug-likeness (QED) is 0.859. The minimum absolute atomic E-state index is 0.00113. The smallest absolute Gasteiger partial charge is 0.317 e. The second-order valence-electron chi connectivity index (χ2n) is 8.21. The highest BCUT2D eigenvalue weighted by atomic mass is 19.3. The topological polar surface area (TPSA) is 58.4 Å². The number of carbonyl (C=O) groups is 1.